The molecule has 0 saturated carbocycles. The molecule has 0 saturated heterocycles. The highest BCUT2D eigenvalue weighted by Crippen LogP contribution is 2.29. The van der Waals surface area contributed by atoms with Gasteiger partial charge in [0.05, 0.1) is 5.56 Å². The molecule has 1 aliphatic rings. The fourth-order valence-electron chi connectivity index (χ4n) is 2.69. The predicted molar refractivity (Wildman–Crippen MR) is 75.3 cm³/mol. The van der Waals surface area contributed by atoms with Gasteiger partial charge >= 0.3 is 0 Å². The molecule has 0 atom stereocenters. The summed E-state index contributed by atoms with van der Waals surface area (Å²) in [5.74, 6) is 0.747. The molecule has 1 aliphatic carbocycles. The molecule has 0 radical (unpaired) electrons. The molecular formula is C15H21N3O. The number of aryl methyl sites for hydroxylation is 1. The van der Waals surface area contributed by atoms with Crippen molar-refractivity contribution in [3.8, 4) is 6.07 Å². The molecule has 102 valence electrons. The number of nitriles is 1. The van der Waals surface area contributed by atoms with Crippen molar-refractivity contribution in [2.24, 2.45) is 0 Å². The van der Waals surface area contributed by atoms with Crippen molar-refractivity contribution in [1.82, 2.24) is 4.98 Å². The first-order valence-corrected chi connectivity index (χ1v) is 6.93. The number of methoxy groups -OCH3 is 1. The molecule has 0 aromatic carbocycles. The normalized spacial score (nSPS) is 13.7. The molecular weight excluding hydrogens is 238 g/mol. The molecule has 0 bridgehead atoms. The number of hydrogen-bond acceptors (Lipinski definition) is 4. The van der Waals surface area contributed by atoms with E-state index in [9.17, 15) is 5.26 Å². The number of anilines is 1. The van der Waals surface area contributed by atoms with E-state index in [0.717, 1.165) is 49.5 Å². The highest BCUT2D eigenvalue weighted by atomic mass is 16.5. The Labute approximate surface area is 114 Å². The largest absolute Gasteiger partial charge is 0.385 e. The Morgan fingerprint density at radius 2 is 2.05 bits per heavy atom. The maximum absolute atomic E-state index is 9.41. The summed E-state index contributed by atoms with van der Waals surface area (Å²) in [6.45, 7) is 3.55. The third-order valence-corrected chi connectivity index (χ3v) is 3.65. The van der Waals surface area contributed by atoms with E-state index in [-0.39, 0.29) is 0 Å². The SMILES string of the molecule is COCCCNc1nc(C)c2c(c1C#N)CCCC2. The van der Waals surface area contributed by atoms with Crippen LogP contribution in [0.15, 0.2) is 0 Å². The fourth-order valence-corrected chi connectivity index (χ4v) is 2.69. The van der Waals surface area contributed by atoms with E-state index >= 15 is 0 Å². The molecule has 0 spiro atoms. The number of rotatable bonds is 5. The second-order valence-electron chi connectivity index (χ2n) is 4.97. The third kappa shape index (κ3) is 3.05. The minimum absolute atomic E-state index is 0.721. The average molecular weight is 259 g/mol. The summed E-state index contributed by atoms with van der Waals surface area (Å²) < 4.78 is 5.03. The Balaban J connectivity index is 2.23. The quantitative estimate of drug-likeness (QED) is 0.826. The van der Waals surface area contributed by atoms with E-state index < -0.39 is 0 Å². The standard InChI is InChI=1S/C15H21N3O/c1-11-12-6-3-4-7-13(12)14(10-16)15(18-11)17-8-5-9-19-2/h3-9H2,1-2H3,(H,17,18). The summed E-state index contributed by atoms with van der Waals surface area (Å²) in [4.78, 5) is 4.58. The maximum atomic E-state index is 9.41. The van der Waals surface area contributed by atoms with Gasteiger partial charge in [0.1, 0.15) is 11.9 Å². The first kappa shape index (κ1) is 13.8. The highest BCUT2D eigenvalue weighted by Gasteiger charge is 2.19. The van der Waals surface area contributed by atoms with Crippen molar-refractivity contribution >= 4 is 5.82 Å². The van der Waals surface area contributed by atoms with Gasteiger partial charge < -0.3 is 10.1 Å². The van der Waals surface area contributed by atoms with E-state index in [0.29, 0.717) is 0 Å². The highest BCUT2D eigenvalue weighted by molar-refractivity contribution is 5.60. The van der Waals surface area contributed by atoms with Crippen molar-refractivity contribution in [2.75, 3.05) is 25.6 Å². The number of nitrogens with one attached hydrogen (secondary N) is 1. The number of nitrogens with zero attached hydrogens (tertiary/aromatic N) is 2. The minimum atomic E-state index is 0.721. The van der Waals surface area contributed by atoms with Crippen molar-refractivity contribution in [3.05, 3.63) is 22.4 Å². The molecule has 1 aromatic rings. The maximum Gasteiger partial charge on any atom is 0.144 e. The van der Waals surface area contributed by atoms with Gasteiger partial charge in [-0.15, -0.1) is 0 Å². The molecule has 0 aliphatic heterocycles. The number of aromatic nitrogens is 1. The molecule has 4 heteroatoms. The molecule has 1 aromatic heterocycles. The van der Waals surface area contributed by atoms with Gasteiger partial charge in [-0.05, 0) is 50.2 Å². The topological polar surface area (TPSA) is 57.9 Å². The molecule has 1 N–H and O–H groups in total. The molecule has 4 nitrogen and oxygen atoms in total. The second kappa shape index (κ2) is 6.53. The van der Waals surface area contributed by atoms with Crippen LogP contribution in [0.2, 0.25) is 0 Å². The van der Waals surface area contributed by atoms with Gasteiger partial charge in [0.25, 0.3) is 0 Å². The smallest absolute Gasteiger partial charge is 0.144 e. The monoisotopic (exact) mass is 259 g/mol. The van der Waals surface area contributed by atoms with Gasteiger partial charge in [-0.2, -0.15) is 5.26 Å². The molecule has 0 unspecified atom stereocenters. The molecule has 1 heterocycles. The van der Waals surface area contributed by atoms with Crippen molar-refractivity contribution < 1.29 is 4.74 Å². The minimum Gasteiger partial charge on any atom is -0.385 e. The van der Waals surface area contributed by atoms with Crippen LogP contribution in [0.25, 0.3) is 0 Å². The predicted octanol–water partition coefficient (Wildman–Crippen LogP) is 2.59. The molecule has 19 heavy (non-hydrogen) atoms. The van der Waals surface area contributed by atoms with E-state index in [4.69, 9.17) is 4.74 Å². The van der Waals surface area contributed by atoms with Crippen LogP contribution in [-0.2, 0) is 17.6 Å². The van der Waals surface area contributed by atoms with Crippen LogP contribution in [0.4, 0.5) is 5.82 Å². The van der Waals surface area contributed by atoms with E-state index in [1.54, 1.807) is 7.11 Å². The lowest BCUT2D eigenvalue weighted by molar-refractivity contribution is 0.197. The zero-order chi connectivity index (χ0) is 13.7. The Bertz CT molecular complexity index is 491. The van der Waals surface area contributed by atoms with Gasteiger partial charge in [0.2, 0.25) is 0 Å². The summed E-state index contributed by atoms with van der Waals surface area (Å²) in [7, 11) is 1.70. The molecule has 0 fully saturated rings. The van der Waals surface area contributed by atoms with Gasteiger partial charge in [-0.3, -0.25) is 0 Å². The lowest BCUT2D eigenvalue weighted by Gasteiger charge is -2.21. The van der Waals surface area contributed by atoms with Gasteiger partial charge in [0, 0.05) is 26.0 Å². The zero-order valence-electron chi connectivity index (χ0n) is 11.8. The summed E-state index contributed by atoms with van der Waals surface area (Å²) >= 11 is 0. The van der Waals surface area contributed by atoms with Gasteiger partial charge in [-0.25, -0.2) is 4.98 Å². The Morgan fingerprint density at radius 1 is 1.32 bits per heavy atom. The second-order valence-corrected chi connectivity index (χ2v) is 4.97. The van der Waals surface area contributed by atoms with Crippen LogP contribution in [0.3, 0.4) is 0 Å². The van der Waals surface area contributed by atoms with Gasteiger partial charge in [0.15, 0.2) is 0 Å². The number of pyridine rings is 1. The van der Waals surface area contributed by atoms with Crippen LogP contribution in [0.5, 0.6) is 0 Å². The summed E-state index contributed by atoms with van der Waals surface area (Å²) in [6, 6.07) is 2.34. The Morgan fingerprint density at radius 3 is 2.74 bits per heavy atom. The number of ether oxygens (including phenoxy) is 1. The first-order chi connectivity index (χ1) is 9.27. The van der Waals surface area contributed by atoms with Crippen molar-refractivity contribution in [1.29, 1.82) is 5.26 Å². The van der Waals surface area contributed by atoms with Crippen LogP contribution < -0.4 is 5.32 Å². The summed E-state index contributed by atoms with van der Waals surface area (Å²) in [5, 5.41) is 12.7. The first-order valence-electron chi connectivity index (χ1n) is 6.93. The van der Waals surface area contributed by atoms with E-state index in [1.165, 1.54) is 24.0 Å². The van der Waals surface area contributed by atoms with E-state index in [2.05, 4.69) is 16.4 Å². The van der Waals surface area contributed by atoms with Crippen LogP contribution in [0, 0.1) is 18.3 Å². The lowest BCUT2D eigenvalue weighted by atomic mass is 9.88. The van der Waals surface area contributed by atoms with Gasteiger partial charge in [-0.1, -0.05) is 0 Å². The number of fused-ring (bicyclic) bond motifs is 1. The van der Waals surface area contributed by atoms with Crippen molar-refractivity contribution in [3.63, 3.8) is 0 Å². The molecule has 2 rings (SSSR count). The van der Waals surface area contributed by atoms with Crippen molar-refractivity contribution in [2.45, 2.75) is 39.0 Å². The van der Waals surface area contributed by atoms with Crippen LogP contribution in [-0.4, -0.2) is 25.2 Å². The van der Waals surface area contributed by atoms with Crippen LogP contribution in [0.1, 0.15) is 41.6 Å². The summed E-state index contributed by atoms with van der Waals surface area (Å²) in [5.41, 5.74) is 4.33. The zero-order valence-corrected chi connectivity index (χ0v) is 11.8. The Hall–Kier alpha value is -1.60. The average Bonchev–Trinajstić information content (AvgIpc) is 2.44. The fraction of sp³-hybridized carbons (Fsp3) is 0.600. The summed E-state index contributed by atoms with van der Waals surface area (Å²) in [6.07, 6.45) is 5.37. The van der Waals surface area contributed by atoms with Crippen LogP contribution >= 0.6 is 0 Å². The molecule has 0 amide bonds. The van der Waals surface area contributed by atoms with E-state index in [1.807, 2.05) is 6.92 Å². The Kier molecular flexibility index (Phi) is 4.75. The number of hydrogen-bond donors (Lipinski definition) is 1. The lowest BCUT2D eigenvalue weighted by Crippen LogP contribution is -2.14. The third-order valence-electron chi connectivity index (χ3n) is 3.65.